The van der Waals surface area contributed by atoms with Gasteiger partial charge in [-0.3, -0.25) is 4.98 Å². The minimum absolute atomic E-state index is 0.0451. The average Bonchev–Trinajstić information content (AvgIpc) is 2.82. The van der Waals surface area contributed by atoms with Gasteiger partial charge in [-0.1, -0.05) is 6.92 Å². The van der Waals surface area contributed by atoms with Crippen molar-refractivity contribution < 1.29 is 5.11 Å². The van der Waals surface area contributed by atoms with Gasteiger partial charge in [0.15, 0.2) is 0 Å². The van der Waals surface area contributed by atoms with Gasteiger partial charge in [0, 0.05) is 23.2 Å². The highest BCUT2D eigenvalue weighted by Gasteiger charge is 2.32. The van der Waals surface area contributed by atoms with E-state index in [2.05, 4.69) is 17.2 Å². The highest BCUT2D eigenvalue weighted by molar-refractivity contribution is 7.09. The molecule has 0 bridgehead atoms. The summed E-state index contributed by atoms with van der Waals surface area (Å²) in [6.07, 6.45) is 6.51. The lowest BCUT2D eigenvalue weighted by molar-refractivity contribution is 0.104. The molecule has 2 rings (SSSR count). The van der Waals surface area contributed by atoms with Gasteiger partial charge in [0.2, 0.25) is 0 Å². The van der Waals surface area contributed by atoms with Crippen molar-refractivity contribution in [3.63, 3.8) is 0 Å². The van der Waals surface area contributed by atoms with Gasteiger partial charge < -0.3 is 10.4 Å². The third-order valence-electron chi connectivity index (χ3n) is 3.66. The maximum absolute atomic E-state index is 9.58. The van der Waals surface area contributed by atoms with Gasteiger partial charge in [-0.05, 0) is 31.6 Å². The normalized spacial score (nSPS) is 30.5. The molecule has 1 heterocycles. The lowest BCUT2D eigenvalue weighted by atomic mass is 9.77. The van der Waals surface area contributed by atoms with E-state index in [1.54, 1.807) is 11.3 Å². The zero-order valence-corrected chi connectivity index (χ0v) is 10.6. The Morgan fingerprint density at radius 1 is 1.56 bits per heavy atom. The second-order valence-corrected chi connectivity index (χ2v) is 5.91. The van der Waals surface area contributed by atoms with Gasteiger partial charge in [0.25, 0.3) is 0 Å². The average molecular weight is 240 g/mol. The summed E-state index contributed by atoms with van der Waals surface area (Å²) in [7, 11) is 0. The van der Waals surface area contributed by atoms with Crippen molar-refractivity contribution in [2.45, 2.75) is 44.7 Å². The number of hydrogen-bond donors (Lipinski definition) is 2. The summed E-state index contributed by atoms with van der Waals surface area (Å²) in [5.41, 5.74) is 1.81. The number of nitrogens with one attached hydrogen (secondary N) is 1. The summed E-state index contributed by atoms with van der Waals surface area (Å²) in [5, 5.41) is 13.1. The Bertz CT molecular complexity index is 305. The topological polar surface area (TPSA) is 45.1 Å². The number of rotatable bonds is 4. The van der Waals surface area contributed by atoms with Crippen LogP contribution in [0, 0.1) is 5.92 Å². The smallest absolute Gasteiger partial charge is 0.0794 e. The summed E-state index contributed by atoms with van der Waals surface area (Å²) in [6.45, 7) is 3.38. The lowest BCUT2D eigenvalue weighted by Crippen LogP contribution is -2.50. The van der Waals surface area contributed by atoms with Crippen LogP contribution in [0.4, 0.5) is 0 Å². The van der Waals surface area contributed by atoms with Crippen molar-refractivity contribution in [3.8, 4) is 0 Å². The molecule has 1 aliphatic rings. The van der Waals surface area contributed by atoms with Crippen LogP contribution >= 0.6 is 11.3 Å². The summed E-state index contributed by atoms with van der Waals surface area (Å²) in [6, 6.07) is 0. The van der Waals surface area contributed by atoms with Crippen LogP contribution in [0.5, 0.6) is 0 Å². The monoisotopic (exact) mass is 240 g/mol. The Kier molecular flexibility index (Phi) is 3.95. The Morgan fingerprint density at radius 2 is 2.31 bits per heavy atom. The van der Waals surface area contributed by atoms with E-state index < -0.39 is 0 Å². The Morgan fingerprint density at radius 3 is 2.88 bits per heavy atom. The Labute approximate surface area is 101 Å². The maximum Gasteiger partial charge on any atom is 0.0794 e. The molecule has 0 atom stereocenters. The molecule has 4 heteroatoms. The van der Waals surface area contributed by atoms with Crippen LogP contribution in [0.15, 0.2) is 11.7 Å². The third-order valence-corrected chi connectivity index (χ3v) is 4.43. The highest BCUT2D eigenvalue weighted by atomic mass is 32.1. The molecular weight excluding hydrogens is 220 g/mol. The van der Waals surface area contributed by atoms with E-state index in [4.69, 9.17) is 0 Å². The zero-order valence-electron chi connectivity index (χ0n) is 9.78. The first-order valence-corrected chi connectivity index (χ1v) is 6.85. The van der Waals surface area contributed by atoms with Crippen LogP contribution in [0.2, 0.25) is 0 Å². The Hall–Kier alpha value is -0.450. The largest absolute Gasteiger partial charge is 0.394 e. The SMILES string of the molecule is CC1CCC(CO)(NCc2cncs2)CC1. The molecule has 1 saturated carbocycles. The molecule has 1 aromatic rings. The van der Waals surface area contributed by atoms with Crippen LogP contribution in [-0.4, -0.2) is 22.2 Å². The van der Waals surface area contributed by atoms with E-state index in [-0.39, 0.29) is 12.1 Å². The molecule has 16 heavy (non-hydrogen) atoms. The van der Waals surface area contributed by atoms with Crippen molar-refractivity contribution in [3.05, 3.63) is 16.6 Å². The van der Waals surface area contributed by atoms with E-state index in [0.717, 1.165) is 25.3 Å². The molecule has 90 valence electrons. The number of hydrogen-bond acceptors (Lipinski definition) is 4. The number of aromatic nitrogens is 1. The van der Waals surface area contributed by atoms with Crippen LogP contribution < -0.4 is 5.32 Å². The van der Waals surface area contributed by atoms with Gasteiger partial charge in [-0.15, -0.1) is 11.3 Å². The van der Waals surface area contributed by atoms with E-state index in [1.807, 2.05) is 11.7 Å². The molecule has 0 aromatic carbocycles. The zero-order chi connectivity index (χ0) is 11.4. The molecule has 0 radical (unpaired) electrons. The number of thiazole rings is 1. The molecule has 0 spiro atoms. The maximum atomic E-state index is 9.58. The molecule has 2 N–H and O–H groups in total. The second-order valence-electron chi connectivity index (χ2n) is 4.94. The van der Waals surface area contributed by atoms with E-state index >= 15 is 0 Å². The molecule has 1 aromatic heterocycles. The lowest BCUT2D eigenvalue weighted by Gasteiger charge is -2.38. The highest BCUT2D eigenvalue weighted by Crippen LogP contribution is 2.31. The molecule has 0 saturated heterocycles. The van der Waals surface area contributed by atoms with Gasteiger partial charge in [-0.25, -0.2) is 0 Å². The standard InChI is InChI=1S/C12H20N2OS/c1-10-2-4-12(8-15,5-3-10)14-7-11-6-13-9-16-11/h6,9-10,14-15H,2-5,7-8H2,1H3. The van der Waals surface area contributed by atoms with Gasteiger partial charge in [0.1, 0.15) is 0 Å². The van der Waals surface area contributed by atoms with Gasteiger partial charge in [0.05, 0.1) is 12.1 Å². The van der Waals surface area contributed by atoms with E-state index in [0.29, 0.717) is 0 Å². The number of aliphatic hydroxyl groups is 1. The number of aliphatic hydroxyl groups excluding tert-OH is 1. The predicted octanol–water partition coefficient (Wildman–Crippen LogP) is 2.17. The first-order valence-electron chi connectivity index (χ1n) is 5.97. The van der Waals surface area contributed by atoms with Gasteiger partial charge >= 0.3 is 0 Å². The quantitative estimate of drug-likeness (QED) is 0.848. The summed E-state index contributed by atoms with van der Waals surface area (Å²) in [5.74, 6) is 0.810. The predicted molar refractivity (Wildman–Crippen MR) is 66.4 cm³/mol. The van der Waals surface area contributed by atoms with E-state index in [9.17, 15) is 5.11 Å². The molecule has 0 unspecified atom stereocenters. The van der Waals surface area contributed by atoms with Crippen LogP contribution in [0.25, 0.3) is 0 Å². The van der Waals surface area contributed by atoms with Crippen molar-refractivity contribution in [2.75, 3.05) is 6.61 Å². The minimum Gasteiger partial charge on any atom is -0.394 e. The van der Waals surface area contributed by atoms with Crippen molar-refractivity contribution in [1.29, 1.82) is 0 Å². The molecule has 3 nitrogen and oxygen atoms in total. The third kappa shape index (κ3) is 2.81. The van der Waals surface area contributed by atoms with Crippen molar-refractivity contribution in [2.24, 2.45) is 5.92 Å². The molecule has 1 fully saturated rings. The first-order chi connectivity index (χ1) is 7.74. The molecule has 1 aliphatic carbocycles. The molecule has 0 aliphatic heterocycles. The van der Waals surface area contributed by atoms with Crippen LogP contribution in [0.1, 0.15) is 37.5 Å². The van der Waals surface area contributed by atoms with Crippen molar-refractivity contribution >= 4 is 11.3 Å². The van der Waals surface area contributed by atoms with Crippen LogP contribution in [0.3, 0.4) is 0 Å². The summed E-state index contributed by atoms with van der Waals surface area (Å²) in [4.78, 5) is 5.30. The first kappa shape index (κ1) is 12.0. The van der Waals surface area contributed by atoms with E-state index in [1.165, 1.54) is 17.7 Å². The number of nitrogens with zero attached hydrogens (tertiary/aromatic N) is 1. The second kappa shape index (κ2) is 5.25. The molecule has 0 amide bonds. The fourth-order valence-electron chi connectivity index (χ4n) is 2.31. The fourth-order valence-corrected chi connectivity index (χ4v) is 2.84. The minimum atomic E-state index is -0.0451. The van der Waals surface area contributed by atoms with Crippen LogP contribution in [-0.2, 0) is 6.54 Å². The fraction of sp³-hybridized carbons (Fsp3) is 0.750. The summed E-state index contributed by atoms with van der Waals surface area (Å²) >= 11 is 1.67. The Balaban J connectivity index is 1.89. The molecular formula is C12H20N2OS. The van der Waals surface area contributed by atoms with Gasteiger partial charge in [-0.2, -0.15) is 0 Å². The van der Waals surface area contributed by atoms with Crippen molar-refractivity contribution in [1.82, 2.24) is 10.3 Å². The summed E-state index contributed by atoms with van der Waals surface area (Å²) < 4.78 is 0.